The van der Waals surface area contributed by atoms with Crippen LogP contribution in [0, 0.1) is 0 Å². The van der Waals surface area contributed by atoms with Crippen molar-refractivity contribution in [1.82, 2.24) is 15.5 Å². The molecule has 14 nitrogen and oxygen atoms in total. The first-order valence-corrected chi connectivity index (χ1v) is 11.8. The van der Waals surface area contributed by atoms with Gasteiger partial charge in [0.15, 0.2) is 6.29 Å². The Balaban J connectivity index is 1.77. The van der Waals surface area contributed by atoms with Gasteiger partial charge in [0.05, 0.1) is 32.4 Å². The van der Waals surface area contributed by atoms with Crippen LogP contribution in [0.4, 0.5) is 0 Å². The number of aliphatic hydroxyl groups excluding tert-OH is 3. The highest BCUT2D eigenvalue weighted by Gasteiger charge is 2.45. The van der Waals surface area contributed by atoms with Gasteiger partial charge in [0.1, 0.15) is 24.4 Å². The lowest BCUT2D eigenvalue weighted by molar-refractivity contribution is -0.269. The van der Waals surface area contributed by atoms with E-state index in [2.05, 4.69) is 15.2 Å². The van der Waals surface area contributed by atoms with E-state index in [-0.39, 0.29) is 32.2 Å². The average Bonchev–Trinajstić information content (AvgIpc) is 3.19. The average molecular weight is 485 g/mol. The van der Waals surface area contributed by atoms with E-state index in [1.807, 2.05) is 0 Å². The SMILES string of the molecule is CC(=O)NC1C(OCCNCC(=O)N2CCC[C@H]2COP(=O)(O)O)OC(CO)C(O)C1O. The maximum atomic E-state index is 12.4. The Morgan fingerprint density at radius 1 is 1.25 bits per heavy atom. The van der Waals surface area contributed by atoms with E-state index in [0.717, 1.165) is 0 Å². The Morgan fingerprint density at radius 3 is 2.59 bits per heavy atom. The van der Waals surface area contributed by atoms with Crippen LogP contribution in [0.3, 0.4) is 0 Å². The Kier molecular flexibility index (Phi) is 10.4. The van der Waals surface area contributed by atoms with Gasteiger partial charge >= 0.3 is 7.82 Å². The number of hydrogen-bond acceptors (Lipinski definition) is 10. The fourth-order valence-electron chi connectivity index (χ4n) is 3.68. The summed E-state index contributed by atoms with van der Waals surface area (Å²) in [4.78, 5) is 42.9. The van der Waals surface area contributed by atoms with E-state index in [1.165, 1.54) is 11.8 Å². The molecule has 2 saturated heterocycles. The molecule has 2 aliphatic heterocycles. The van der Waals surface area contributed by atoms with E-state index in [4.69, 9.17) is 19.3 Å². The summed E-state index contributed by atoms with van der Waals surface area (Å²) < 4.78 is 26.3. The Labute approximate surface area is 185 Å². The smallest absolute Gasteiger partial charge is 0.394 e. The minimum Gasteiger partial charge on any atom is -0.394 e. The number of amides is 2. The summed E-state index contributed by atoms with van der Waals surface area (Å²) in [6.45, 7) is 1.08. The molecule has 2 heterocycles. The number of nitrogens with zero attached hydrogens (tertiary/aromatic N) is 1. The van der Waals surface area contributed by atoms with Gasteiger partial charge in [-0.2, -0.15) is 0 Å². The van der Waals surface area contributed by atoms with E-state index in [0.29, 0.717) is 19.4 Å². The summed E-state index contributed by atoms with van der Waals surface area (Å²) >= 11 is 0. The molecular formula is C17H32N3O11P. The van der Waals surface area contributed by atoms with Gasteiger partial charge < -0.3 is 50.1 Å². The van der Waals surface area contributed by atoms with Crippen molar-refractivity contribution >= 4 is 19.6 Å². The van der Waals surface area contributed by atoms with Crippen molar-refractivity contribution in [3.8, 4) is 0 Å². The maximum absolute atomic E-state index is 12.4. The number of likely N-dealkylation sites (tertiary alicyclic amines) is 1. The third kappa shape index (κ3) is 7.99. The molecule has 0 aromatic carbocycles. The number of phosphoric ester groups is 1. The van der Waals surface area contributed by atoms with Crippen LogP contribution in [0.15, 0.2) is 0 Å². The van der Waals surface area contributed by atoms with Crippen LogP contribution >= 0.6 is 7.82 Å². The number of rotatable bonds is 11. The van der Waals surface area contributed by atoms with Crippen molar-refractivity contribution < 1.29 is 53.3 Å². The van der Waals surface area contributed by atoms with E-state index in [9.17, 15) is 29.5 Å². The molecule has 6 atom stereocenters. The number of phosphoric acid groups is 1. The zero-order valence-corrected chi connectivity index (χ0v) is 18.6. The zero-order chi connectivity index (χ0) is 23.9. The molecule has 5 unspecified atom stereocenters. The second kappa shape index (κ2) is 12.3. The van der Waals surface area contributed by atoms with Crippen LogP contribution in [0.2, 0.25) is 0 Å². The molecule has 2 aliphatic rings. The largest absolute Gasteiger partial charge is 0.469 e. The van der Waals surface area contributed by atoms with Gasteiger partial charge in [0, 0.05) is 20.0 Å². The van der Waals surface area contributed by atoms with Gasteiger partial charge in [0.25, 0.3) is 0 Å². The van der Waals surface area contributed by atoms with E-state index < -0.39 is 57.0 Å². The molecule has 0 radical (unpaired) electrons. The molecule has 32 heavy (non-hydrogen) atoms. The Morgan fingerprint density at radius 2 is 1.97 bits per heavy atom. The van der Waals surface area contributed by atoms with Gasteiger partial charge in [-0.25, -0.2) is 4.57 Å². The van der Waals surface area contributed by atoms with Crippen molar-refractivity contribution in [3.63, 3.8) is 0 Å². The first kappa shape index (κ1) is 27.1. The molecule has 0 spiro atoms. The molecule has 0 aromatic rings. The first-order chi connectivity index (χ1) is 15.0. The second-order valence-corrected chi connectivity index (χ2v) is 8.89. The minimum absolute atomic E-state index is 0.0275. The van der Waals surface area contributed by atoms with Crippen molar-refractivity contribution in [1.29, 1.82) is 0 Å². The van der Waals surface area contributed by atoms with Crippen LogP contribution in [-0.4, -0.2) is 118 Å². The predicted octanol–water partition coefficient (Wildman–Crippen LogP) is -3.36. The quantitative estimate of drug-likeness (QED) is 0.113. The van der Waals surface area contributed by atoms with Crippen molar-refractivity contribution in [2.45, 2.75) is 56.5 Å². The number of ether oxygens (including phenoxy) is 2. The lowest BCUT2D eigenvalue weighted by Crippen LogP contribution is -2.64. The number of hydrogen-bond donors (Lipinski definition) is 7. The van der Waals surface area contributed by atoms with Gasteiger partial charge in [0.2, 0.25) is 11.8 Å². The molecule has 0 bridgehead atoms. The molecule has 15 heteroatoms. The molecule has 0 saturated carbocycles. The summed E-state index contributed by atoms with van der Waals surface area (Å²) in [5.41, 5.74) is 0. The fourth-order valence-corrected chi connectivity index (χ4v) is 4.04. The fraction of sp³-hybridized carbons (Fsp3) is 0.882. The zero-order valence-electron chi connectivity index (χ0n) is 17.7. The molecule has 7 N–H and O–H groups in total. The highest BCUT2D eigenvalue weighted by molar-refractivity contribution is 7.46. The molecule has 2 amide bonds. The van der Waals surface area contributed by atoms with Crippen molar-refractivity contribution in [2.75, 3.05) is 39.5 Å². The molecular weight excluding hydrogens is 453 g/mol. The summed E-state index contributed by atoms with van der Waals surface area (Å²) in [5, 5.41) is 34.8. The highest BCUT2D eigenvalue weighted by atomic mass is 31.2. The number of aliphatic hydroxyl groups is 3. The van der Waals surface area contributed by atoms with E-state index in [1.54, 1.807) is 0 Å². The van der Waals surface area contributed by atoms with Crippen molar-refractivity contribution in [2.24, 2.45) is 0 Å². The van der Waals surface area contributed by atoms with Gasteiger partial charge in [-0.1, -0.05) is 0 Å². The summed E-state index contributed by atoms with van der Waals surface area (Å²) in [5.74, 6) is -0.724. The van der Waals surface area contributed by atoms with Crippen LogP contribution in [0.5, 0.6) is 0 Å². The van der Waals surface area contributed by atoms with E-state index >= 15 is 0 Å². The second-order valence-electron chi connectivity index (χ2n) is 7.65. The minimum atomic E-state index is -4.61. The molecule has 0 aromatic heterocycles. The standard InChI is InChI=1S/C17H32N3O11P/c1-10(22)19-14-16(25)15(24)12(8-21)31-17(14)29-6-4-18-7-13(23)20-5-2-3-11(20)9-30-32(26,27)28/h11-12,14-18,21,24-25H,2-9H2,1H3,(H,19,22)(H2,26,27,28)/t11-,12?,14?,15?,16?,17?/m0/s1. The highest BCUT2D eigenvalue weighted by Crippen LogP contribution is 2.36. The van der Waals surface area contributed by atoms with Crippen LogP contribution < -0.4 is 10.6 Å². The maximum Gasteiger partial charge on any atom is 0.469 e. The number of carbonyl (C=O) groups is 2. The molecule has 2 fully saturated rings. The summed E-state index contributed by atoms with van der Waals surface area (Å²) in [7, 11) is -4.61. The number of nitrogens with one attached hydrogen (secondary N) is 2. The lowest BCUT2D eigenvalue weighted by Gasteiger charge is -2.42. The summed E-state index contributed by atoms with van der Waals surface area (Å²) in [6, 6.07) is -1.46. The van der Waals surface area contributed by atoms with Gasteiger partial charge in [-0.05, 0) is 12.8 Å². The van der Waals surface area contributed by atoms with Gasteiger partial charge in [-0.3, -0.25) is 14.1 Å². The Hall–Kier alpha value is -1.19. The third-order valence-corrected chi connectivity index (χ3v) is 5.71. The Bertz CT molecular complexity index is 678. The number of carbonyl (C=O) groups excluding carboxylic acids is 2. The van der Waals surface area contributed by atoms with Crippen LogP contribution in [0.1, 0.15) is 19.8 Å². The first-order valence-electron chi connectivity index (χ1n) is 10.2. The lowest BCUT2D eigenvalue weighted by atomic mass is 9.97. The monoisotopic (exact) mass is 485 g/mol. The topological polar surface area (TPSA) is 207 Å². The predicted molar refractivity (Wildman–Crippen MR) is 107 cm³/mol. The normalized spacial score (nSPS) is 31.0. The van der Waals surface area contributed by atoms with Crippen molar-refractivity contribution in [3.05, 3.63) is 0 Å². The third-order valence-electron chi connectivity index (χ3n) is 5.22. The van der Waals surface area contributed by atoms with Crippen LogP contribution in [-0.2, 0) is 28.2 Å². The molecule has 2 rings (SSSR count). The molecule has 186 valence electrons. The van der Waals surface area contributed by atoms with Gasteiger partial charge in [-0.15, -0.1) is 0 Å². The summed E-state index contributed by atoms with van der Waals surface area (Å²) in [6.07, 6.45) is -3.74. The van der Waals surface area contributed by atoms with Crippen LogP contribution in [0.25, 0.3) is 0 Å². The molecule has 0 aliphatic carbocycles.